The molecule has 0 unspecified atom stereocenters. The lowest BCUT2D eigenvalue weighted by atomic mass is 10.1. The van der Waals surface area contributed by atoms with Crippen LogP contribution in [-0.4, -0.2) is 29.6 Å². The first-order chi connectivity index (χ1) is 16.5. The number of ether oxygens (including phenoxy) is 1. The van der Waals surface area contributed by atoms with E-state index in [0.29, 0.717) is 30.8 Å². The molecule has 6 heteroatoms. The van der Waals surface area contributed by atoms with Gasteiger partial charge >= 0.3 is 6.03 Å². The van der Waals surface area contributed by atoms with Crippen molar-refractivity contribution >= 4 is 16.9 Å². The fourth-order valence-corrected chi connectivity index (χ4v) is 3.96. The Hall–Kier alpha value is -4.06. The molecule has 0 spiro atoms. The summed E-state index contributed by atoms with van der Waals surface area (Å²) in [5.74, 6) is 0.711. The fraction of sp³-hybridized carbons (Fsp3) is 0.214. The van der Waals surface area contributed by atoms with E-state index in [-0.39, 0.29) is 18.1 Å². The summed E-state index contributed by atoms with van der Waals surface area (Å²) >= 11 is 0. The summed E-state index contributed by atoms with van der Waals surface area (Å²) in [6.45, 7) is 3.18. The molecule has 0 bridgehead atoms. The van der Waals surface area contributed by atoms with Crippen LogP contribution in [0.2, 0.25) is 0 Å². The van der Waals surface area contributed by atoms with Gasteiger partial charge in [-0.05, 0) is 54.3 Å². The number of pyridine rings is 1. The number of nitrogens with one attached hydrogen (secondary N) is 2. The van der Waals surface area contributed by atoms with Gasteiger partial charge in [-0.15, -0.1) is 0 Å². The first kappa shape index (κ1) is 23.1. The molecule has 0 atom stereocenters. The van der Waals surface area contributed by atoms with Gasteiger partial charge in [-0.3, -0.25) is 4.79 Å². The van der Waals surface area contributed by atoms with Gasteiger partial charge in [0.25, 0.3) is 5.56 Å². The standard InChI is InChI=1S/C28H29N3O3/c1-20-8-6-7-11-22(20)14-15-31(28(33)29-18-21-9-4-3-5-10-21)19-24-16-23-17-25(34-2)12-13-26(23)30-27(24)32/h3-13,16-17H,14-15,18-19H2,1-2H3,(H,29,33)(H,30,32). The molecule has 34 heavy (non-hydrogen) atoms. The maximum absolute atomic E-state index is 13.2. The van der Waals surface area contributed by atoms with Crippen LogP contribution < -0.4 is 15.6 Å². The van der Waals surface area contributed by atoms with Gasteiger partial charge in [0.1, 0.15) is 5.75 Å². The van der Waals surface area contributed by atoms with E-state index in [0.717, 1.165) is 16.5 Å². The highest BCUT2D eigenvalue weighted by Gasteiger charge is 2.17. The maximum atomic E-state index is 13.2. The molecule has 2 N–H and O–H groups in total. The lowest BCUT2D eigenvalue weighted by molar-refractivity contribution is 0.195. The molecule has 0 aliphatic heterocycles. The summed E-state index contributed by atoms with van der Waals surface area (Å²) in [4.78, 5) is 30.6. The third kappa shape index (κ3) is 5.64. The second-order valence-electron chi connectivity index (χ2n) is 8.32. The minimum absolute atomic E-state index is 0.200. The quantitative estimate of drug-likeness (QED) is 0.401. The number of hydrogen-bond donors (Lipinski definition) is 2. The molecule has 2 amide bonds. The number of amides is 2. The number of nitrogens with zero attached hydrogens (tertiary/aromatic N) is 1. The van der Waals surface area contributed by atoms with Crippen LogP contribution in [0.15, 0.2) is 83.7 Å². The minimum Gasteiger partial charge on any atom is -0.497 e. The molecule has 0 saturated carbocycles. The molecule has 0 aliphatic rings. The molecule has 0 aliphatic carbocycles. The summed E-state index contributed by atoms with van der Waals surface area (Å²) < 4.78 is 5.32. The normalized spacial score (nSPS) is 10.8. The number of hydrogen-bond acceptors (Lipinski definition) is 3. The molecule has 4 rings (SSSR count). The maximum Gasteiger partial charge on any atom is 0.317 e. The van der Waals surface area contributed by atoms with Crippen molar-refractivity contribution in [2.24, 2.45) is 0 Å². The van der Waals surface area contributed by atoms with E-state index in [1.807, 2.05) is 66.7 Å². The van der Waals surface area contributed by atoms with Crippen molar-refractivity contribution < 1.29 is 9.53 Å². The lowest BCUT2D eigenvalue weighted by Crippen LogP contribution is -2.41. The Labute approximate surface area is 199 Å². The largest absolute Gasteiger partial charge is 0.497 e. The van der Waals surface area contributed by atoms with Gasteiger partial charge in [-0.2, -0.15) is 0 Å². The van der Waals surface area contributed by atoms with Gasteiger partial charge in [0.2, 0.25) is 0 Å². The summed E-state index contributed by atoms with van der Waals surface area (Å²) in [5, 5.41) is 3.86. The number of aromatic amines is 1. The van der Waals surface area contributed by atoms with Crippen LogP contribution >= 0.6 is 0 Å². The average Bonchev–Trinajstić information content (AvgIpc) is 2.86. The smallest absolute Gasteiger partial charge is 0.317 e. The van der Waals surface area contributed by atoms with Crippen LogP contribution in [0.1, 0.15) is 22.3 Å². The zero-order valence-corrected chi connectivity index (χ0v) is 19.5. The Morgan fingerprint density at radius 1 is 0.971 bits per heavy atom. The number of fused-ring (bicyclic) bond motifs is 1. The van der Waals surface area contributed by atoms with Crippen LogP contribution in [0.4, 0.5) is 4.79 Å². The van der Waals surface area contributed by atoms with E-state index in [4.69, 9.17) is 4.74 Å². The third-order valence-electron chi connectivity index (χ3n) is 5.98. The van der Waals surface area contributed by atoms with Crippen LogP contribution in [0.25, 0.3) is 10.9 Å². The molecule has 3 aromatic carbocycles. The van der Waals surface area contributed by atoms with E-state index in [1.54, 1.807) is 12.0 Å². The Balaban J connectivity index is 1.57. The summed E-state index contributed by atoms with van der Waals surface area (Å²) in [5.41, 5.74) is 4.44. The highest BCUT2D eigenvalue weighted by Crippen LogP contribution is 2.19. The molecule has 0 fully saturated rings. The van der Waals surface area contributed by atoms with Crippen molar-refractivity contribution in [2.45, 2.75) is 26.4 Å². The van der Waals surface area contributed by atoms with Gasteiger partial charge in [-0.25, -0.2) is 4.79 Å². The van der Waals surface area contributed by atoms with Crippen molar-refractivity contribution in [1.29, 1.82) is 0 Å². The zero-order chi connectivity index (χ0) is 23.9. The molecule has 1 heterocycles. The van der Waals surface area contributed by atoms with Crippen molar-refractivity contribution in [1.82, 2.24) is 15.2 Å². The van der Waals surface area contributed by atoms with Crippen molar-refractivity contribution in [3.8, 4) is 5.75 Å². The predicted octanol–water partition coefficient (Wildman–Crippen LogP) is 4.80. The summed E-state index contributed by atoms with van der Waals surface area (Å²) in [7, 11) is 1.61. The number of carbonyl (C=O) groups excluding carboxylic acids is 1. The zero-order valence-electron chi connectivity index (χ0n) is 19.5. The van der Waals surface area contributed by atoms with Gasteiger partial charge < -0.3 is 19.9 Å². The highest BCUT2D eigenvalue weighted by atomic mass is 16.5. The number of methoxy groups -OCH3 is 1. The van der Waals surface area contributed by atoms with Crippen molar-refractivity contribution in [3.05, 3.63) is 111 Å². The number of H-pyrrole nitrogens is 1. The summed E-state index contributed by atoms with van der Waals surface area (Å²) in [6.07, 6.45) is 0.699. The molecule has 0 saturated heterocycles. The molecule has 4 aromatic rings. The number of urea groups is 1. The van der Waals surface area contributed by atoms with Gasteiger partial charge in [0.05, 0.1) is 13.7 Å². The fourth-order valence-electron chi connectivity index (χ4n) is 3.96. The monoisotopic (exact) mass is 455 g/mol. The predicted molar refractivity (Wildman–Crippen MR) is 135 cm³/mol. The SMILES string of the molecule is COc1ccc2[nH]c(=O)c(CN(CCc3ccccc3C)C(=O)NCc3ccccc3)cc2c1. The summed E-state index contributed by atoms with van der Waals surface area (Å²) in [6, 6.07) is 25.1. The first-order valence-electron chi connectivity index (χ1n) is 11.3. The van der Waals surface area contributed by atoms with Crippen LogP contribution in [0, 0.1) is 6.92 Å². The Morgan fingerprint density at radius 2 is 1.74 bits per heavy atom. The van der Waals surface area contributed by atoms with Crippen LogP contribution in [0.3, 0.4) is 0 Å². The van der Waals surface area contributed by atoms with E-state index in [2.05, 4.69) is 29.4 Å². The minimum atomic E-state index is -0.206. The van der Waals surface area contributed by atoms with Gasteiger partial charge in [0.15, 0.2) is 0 Å². The van der Waals surface area contributed by atoms with Crippen LogP contribution in [0.5, 0.6) is 5.75 Å². The number of carbonyl (C=O) groups is 1. The van der Waals surface area contributed by atoms with Crippen molar-refractivity contribution in [2.75, 3.05) is 13.7 Å². The van der Waals surface area contributed by atoms with Gasteiger partial charge in [-0.1, -0.05) is 54.6 Å². The van der Waals surface area contributed by atoms with Crippen LogP contribution in [-0.2, 0) is 19.5 Å². The average molecular weight is 456 g/mol. The van der Waals surface area contributed by atoms with E-state index in [9.17, 15) is 9.59 Å². The molecular formula is C28H29N3O3. The van der Waals surface area contributed by atoms with Crippen molar-refractivity contribution in [3.63, 3.8) is 0 Å². The second-order valence-corrected chi connectivity index (χ2v) is 8.32. The highest BCUT2D eigenvalue weighted by molar-refractivity contribution is 5.81. The Bertz CT molecular complexity index is 1330. The molecule has 1 aromatic heterocycles. The third-order valence-corrected chi connectivity index (χ3v) is 5.98. The molecular weight excluding hydrogens is 426 g/mol. The topological polar surface area (TPSA) is 74.4 Å². The first-order valence-corrected chi connectivity index (χ1v) is 11.3. The Morgan fingerprint density at radius 3 is 2.50 bits per heavy atom. The van der Waals surface area contributed by atoms with E-state index < -0.39 is 0 Å². The number of rotatable bonds is 8. The number of aromatic nitrogens is 1. The molecule has 6 nitrogen and oxygen atoms in total. The molecule has 174 valence electrons. The molecule has 0 radical (unpaired) electrons. The second kappa shape index (κ2) is 10.7. The Kier molecular flexibility index (Phi) is 7.28. The lowest BCUT2D eigenvalue weighted by Gasteiger charge is -2.24. The van der Waals surface area contributed by atoms with Gasteiger partial charge in [0, 0.05) is 29.6 Å². The van der Waals surface area contributed by atoms with E-state index in [1.165, 1.54) is 11.1 Å². The van der Waals surface area contributed by atoms with E-state index >= 15 is 0 Å². The number of aryl methyl sites for hydroxylation is 1. The number of benzene rings is 3.